The van der Waals surface area contributed by atoms with Crippen LogP contribution in [0.3, 0.4) is 0 Å². The SMILES string of the molecule is O=C(Nc1ccc(CN2CC3(COC3)C2)cc1)c1ccc(Cl)cc1. The van der Waals surface area contributed by atoms with Gasteiger partial charge >= 0.3 is 0 Å². The highest BCUT2D eigenvalue weighted by Crippen LogP contribution is 2.38. The van der Waals surface area contributed by atoms with Gasteiger partial charge in [-0.15, -0.1) is 0 Å². The molecule has 2 heterocycles. The molecule has 4 rings (SSSR count). The first kappa shape index (κ1) is 15.6. The Balaban J connectivity index is 1.32. The van der Waals surface area contributed by atoms with Gasteiger partial charge in [0.05, 0.1) is 13.2 Å². The van der Waals surface area contributed by atoms with E-state index < -0.39 is 0 Å². The second-order valence-electron chi connectivity index (χ2n) is 6.80. The predicted molar refractivity (Wildman–Crippen MR) is 94.4 cm³/mol. The van der Waals surface area contributed by atoms with E-state index in [0.717, 1.165) is 38.5 Å². The van der Waals surface area contributed by atoms with Gasteiger partial charge in [-0.1, -0.05) is 23.7 Å². The summed E-state index contributed by atoms with van der Waals surface area (Å²) in [4.78, 5) is 14.6. The minimum Gasteiger partial charge on any atom is -0.380 e. The standard InChI is InChI=1S/C19H19ClN2O2/c20-16-5-3-15(4-6-16)18(23)21-17-7-1-14(2-8-17)9-22-10-19(11-22)12-24-13-19/h1-8H,9-13H2,(H,21,23). The Kier molecular flexibility index (Phi) is 4.04. The van der Waals surface area contributed by atoms with Crippen molar-refractivity contribution in [2.45, 2.75) is 6.54 Å². The van der Waals surface area contributed by atoms with Gasteiger partial charge in [0.25, 0.3) is 5.91 Å². The molecule has 0 aromatic heterocycles. The van der Waals surface area contributed by atoms with Crippen LogP contribution in [0.4, 0.5) is 5.69 Å². The first-order valence-electron chi connectivity index (χ1n) is 8.08. The van der Waals surface area contributed by atoms with Crippen LogP contribution in [0.2, 0.25) is 5.02 Å². The van der Waals surface area contributed by atoms with Gasteiger partial charge in [-0.05, 0) is 42.0 Å². The van der Waals surface area contributed by atoms with E-state index in [1.807, 2.05) is 12.1 Å². The van der Waals surface area contributed by atoms with Crippen LogP contribution in [0.1, 0.15) is 15.9 Å². The van der Waals surface area contributed by atoms with Crippen LogP contribution < -0.4 is 5.32 Å². The highest BCUT2D eigenvalue weighted by Gasteiger charge is 2.48. The summed E-state index contributed by atoms with van der Waals surface area (Å²) in [5.41, 5.74) is 3.10. The Bertz CT molecular complexity index is 731. The van der Waals surface area contributed by atoms with Crippen molar-refractivity contribution in [3.8, 4) is 0 Å². The maximum Gasteiger partial charge on any atom is 0.255 e. The van der Waals surface area contributed by atoms with E-state index in [1.54, 1.807) is 24.3 Å². The largest absolute Gasteiger partial charge is 0.380 e. The van der Waals surface area contributed by atoms with Gasteiger partial charge < -0.3 is 10.1 Å². The van der Waals surface area contributed by atoms with Crippen LogP contribution in [0.25, 0.3) is 0 Å². The maximum atomic E-state index is 12.2. The number of hydrogen-bond donors (Lipinski definition) is 1. The second kappa shape index (κ2) is 6.20. The van der Waals surface area contributed by atoms with Gasteiger partial charge in [-0.25, -0.2) is 0 Å². The third kappa shape index (κ3) is 3.18. The smallest absolute Gasteiger partial charge is 0.255 e. The highest BCUT2D eigenvalue weighted by atomic mass is 35.5. The van der Waals surface area contributed by atoms with Crippen LogP contribution in [-0.2, 0) is 11.3 Å². The average molecular weight is 343 g/mol. The molecule has 1 N–H and O–H groups in total. The van der Waals surface area contributed by atoms with Gasteiger partial charge in [-0.2, -0.15) is 0 Å². The molecule has 0 radical (unpaired) electrons. The minimum atomic E-state index is -0.130. The van der Waals surface area contributed by atoms with Crippen molar-refractivity contribution in [2.24, 2.45) is 5.41 Å². The number of hydrogen-bond acceptors (Lipinski definition) is 3. The number of likely N-dealkylation sites (tertiary alicyclic amines) is 1. The first-order valence-corrected chi connectivity index (χ1v) is 8.46. The van der Waals surface area contributed by atoms with Gasteiger partial charge in [0.1, 0.15) is 0 Å². The van der Waals surface area contributed by atoms with Gasteiger partial charge in [0, 0.05) is 41.3 Å². The lowest BCUT2D eigenvalue weighted by Crippen LogP contribution is -2.65. The fourth-order valence-electron chi connectivity index (χ4n) is 3.34. The van der Waals surface area contributed by atoms with E-state index in [4.69, 9.17) is 16.3 Å². The lowest BCUT2D eigenvalue weighted by atomic mass is 9.78. The van der Waals surface area contributed by atoms with E-state index in [-0.39, 0.29) is 5.91 Å². The number of benzene rings is 2. The molecule has 1 spiro atoms. The number of carbonyl (C=O) groups is 1. The molecule has 2 aromatic carbocycles. The zero-order valence-corrected chi connectivity index (χ0v) is 14.1. The molecule has 2 fully saturated rings. The third-order valence-electron chi connectivity index (χ3n) is 4.66. The van der Waals surface area contributed by atoms with E-state index in [1.165, 1.54) is 5.56 Å². The van der Waals surface area contributed by atoms with E-state index in [0.29, 0.717) is 16.0 Å². The topological polar surface area (TPSA) is 41.6 Å². The molecule has 2 aliphatic rings. The van der Waals surface area contributed by atoms with Crippen LogP contribution >= 0.6 is 11.6 Å². The monoisotopic (exact) mass is 342 g/mol. The summed E-state index contributed by atoms with van der Waals surface area (Å²) in [6.07, 6.45) is 0. The molecule has 2 aromatic rings. The predicted octanol–water partition coefficient (Wildman–Crippen LogP) is 3.42. The molecule has 4 nitrogen and oxygen atoms in total. The van der Waals surface area contributed by atoms with Crippen LogP contribution in [-0.4, -0.2) is 37.1 Å². The summed E-state index contributed by atoms with van der Waals surface area (Å²) in [5, 5.41) is 3.53. The summed E-state index contributed by atoms with van der Waals surface area (Å²) in [7, 11) is 0. The maximum absolute atomic E-state index is 12.2. The van der Waals surface area contributed by atoms with Crippen molar-refractivity contribution in [1.82, 2.24) is 4.90 Å². The second-order valence-corrected chi connectivity index (χ2v) is 7.23. The van der Waals surface area contributed by atoms with E-state index in [9.17, 15) is 4.79 Å². The quantitative estimate of drug-likeness (QED) is 0.925. The molecule has 1 amide bonds. The normalized spacial score (nSPS) is 18.7. The van der Waals surface area contributed by atoms with Gasteiger partial charge in [0.2, 0.25) is 0 Å². The van der Waals surface area contributed by atoms with E-state index in [2.05, 4.69) is 22.3 Å². The van der Waals surface area contributed by atoms with Gasteiger partial charge in [-0.3, -0.25) is 9.69 Å². The number of halogens is 1. The molecule has 0 saturated carbocycles. The lowest BCUT2D eigenvalue weighted by molar-refractivity contribution is -0.191. The number of amides is 1. The van der Waals surface area contributed by atoms with Crippen LogP contribution in [0.5, 0.6) is 0 Å². The van der Waals surface area contributed by atoms with Crippen molar-refractivity contribution < 1.29 is 9.53 Å². The molecule has 2 saturated heterocycles. The van der Waals surface area contributed by atoms with Crippen LogP contribution in [0, 0.1) is 5.41 Å². The summed E-state index contributed by atoms with van der Waals surface area (Å²) >= 11 is 5.84. The molecule has 2 aliphatic heterocycles. The molecule has 0 aliphatic carbocycles. The van der Waals surface area contributed by atoms with Crippen molar-refractivity contribution in [2.75, 3.05) is 31.6 Å². The number of ether oxygens (including phenoxy) is 1. The van der Waals surface area contributed by atoms with Gasteiger partial charge in [0.15, 0.2) is 0 Å². The number of carbonyl (C=O) groups excluding carboxylic acids is 1. The fraction of sp³-hybridized carbons (Fsp3) is 0.316. The Labute approximate surface area is 146 Å². The fourth-order valence-corrected chi connectivity index (χ4v) is 3.47. The highest BCUT2D eigenvalue weighted by molar-refractivity contribution is 6.30. The molecule has 0 bridgehead atoms. The number of rotatable bonds is 4. The lowest BCUT2D eigenvalue weighted by Gasteiger charge is -2.55. The van der Waals surface area contributed by atoms with Crippen molar-refractivity contribution in [1.29, 1.82) is 0 Å². The summed E-state index contributed by atoms with van der Waals surface area (Å²) < 4.78 is 5.30. The summed E-state index contributed by atoms with van der Waals surface area (Å²) in [5.74, 6) is -0.130. The van der Waals surface area contributed by atoms with Crippen LogP contribution in [0.15, 0.2) is 48.5 Å². The van der Waals surface area contributed by atoms with Crippen molar-refractivity contribution in [3.05, 3.63) is 64.7 Å². The zero-order valence-electron chi connectivity index (χ0n) is 13.3. The summed E-state index contributed by atoms with van der Waals surface area (Å²) in [6, 6.07) is 14.9. The van der Waals surface area contributed by atoms with E-state index >= 15 is 0 Å². The molecule has 124 valence electrons. The number of anilines is 1. The first-order chi connectivity index (χ1) is 11.6. The Hall–Kier alpha value is -1.88. The molecule has 24 heavy (non-hydrogen) atoms. The Morgan fingerprint density at radius 1 is 1.08 bits per heavy atom. The zero-order chi connectivity index (χ0) is 16.6. The molecule has 0 atom stereocenters. The third-order valence-corrected chi connectivity index (χ3v) is 4.91. The molecular weight excluding hydrogens is 324 g/mol. The molecule has 5 heteroatoms. The molecular formula is C19H19ClN2O2. The van der Waals surface area contributed by atoms with Crippen molar-refractivity contribution in [3.63, 3.8) is 0 Å². The van der Waals surface area contributed by atoms with Crippen molar-refractivity contribution >= 4 is 23.2 Å². The Morgan fingerprint density at radius 2 is 1.75 bits per heavy atom. The average Bonchev–Trinajstić information content (AvgIpc) is 2.51. The summed E-state index contributed by atoms with van der Waals surface area (Å²) in [6.45, 7) is 5.04. The molecule has 0 unspecified atom stereocenters. The number of nitrogens with one attached hydrogen (secondary N) is 1. The Morgan fingerprint density at radius 3 is 2.33 bits per heavy atom. The number of nitrogens with zero attached hydrogens (tertiary/aromatic N) is 1. The minimum absolute atomic E-state index is 0.130.